The molecular weight excluding hydrogens is 516 g/mol. The van der Waals surface area contributed by atoms with Gasteiger partial charge in [0.05, 0.1) is 18.2 Å². The predicted octanol–water partition coefficient (Wildman–Crippen LogP) is 3.24. The van der Waals surface area contributed by atoms with Crippen LogP contribution in [0.3, 0.4) is 0 Å². The first-order chi connectivity index (χ1) is 16.9. The first-order valence-electron chi connectivity index (χ1n) is 11.1. The Labute approximate surface area is 208 Å². The molecule has 2 saturated heterocycles. The number of aromatic nitrogens is 1. The highest BCUT2D eigenvalue weighted by atomic mass is 19.4. The van der Waals surface area contributed by atoms with E-state index in [4.69, 9.17) is 24.5 Å². The number of piperidine rings is 1. The fourth-order valence-electron chi connectivity index (χ4n) is 3.52. The minimum absolute atomic E-state index is 0.0274. The molecule has 9 nitrogen and oxygen atoms in total. The molecule has 1 atom stereocenters. The SMILES string of the molecule is CC(C)C(=O)NC1COC2(CCN(Cc3cccnc3)CC2)C1.O=C(O)C(F)(F)F.O=C(O)C(F)(F)F. The zero-order chi connectivity index (χ0) is 28.4. The van der Waals surface area contributed by atoms with Crippen molar-refractivity contribution in [2.75, 3.05) is 19.7 Å². The molecule has 0 saturated carbocycles. The Bertz CT molecular complexity index is 863. The largest absolute Gasteiger partial charge is 0.490 e. The minimum atomic E-state index is -5.08. The number of pyridine rings is 1. The van der Waals surface area contributed by atoms with Gasteiger partial charge in [-0.1, -0.05) is 19.9 Å². The van der Waals surface area contributed by atoms with Crippen molar-refractivity contribution >= 4 is 17.8 Å². The molecule has 3 heterocycles. The number of carbonyl (C=O) groups excluding carboxylic acids is 1. The predicted molar refractivity (Wildman–Crippen MR) is 116 cm³/mol. The number of alkyl halides is 6. The fraction of sp³-hybridized carbons (Fsp3) is 0.636. The smallest absolute Gasteiger partial charge is 0.475 e. The van der Waals surface area contributed by atoms with Crippen molar-refractivity contribution in [3.05, 3.63) is 30.1 Å². The maximum atomic E-state index is 11.8. The van der Waals surface area contributed by atoms with Crippen molar-refractivity contribution < 1.29 is 55.7 Å². The highest BCUT2D eigenvalue weighted by Gasteiger charge is 2.43. The summed E-state index contributed by atoms with van der Waals surface area (Å²) in [6, 6.07) is 4.29. The van der Waals surface area contributed by atoms with Gasteiger partial charge < -0.3 is 20.3 Å². The van der Waals surface area contributed by atoms with Gasteiger partial charge in [-0.15, -0.1) is 0 Å². The molecule has 3 rings (SSSR count). The summed E-state index contributed by atoms with van der Waals surface area (Å²) in [5.74, 6) is -5.35. The van der Waals surface area contributed by atoms with E-state index < -0.39 is 24.3 Å². The first-order valence-corrected chi connectivity index (χ1v) is 11.1. The quantitative estimate of drug-likeness (QED) is 0.492. The van der Waals surface area contributed by atoms with Gasteiger partial charge in [0.1, 0.15) is 0 Å². The van der Waals surface area contributed by atoms with E-state index in [-0.39, 0.29) is 23.5 Å². The lowest BCUT2D eigenvalue weighted by Gasteiger charge is -2.38. The second-order valence-corrected chi connectivity index (χ2v) is 8.80. The van der Waals surface area contributed by atoms with E-state index in [1.165, 1.54) is 5.56 Å². The van der Waals surface area contributed by atoms with E-state index in [2.05, 4.69) is 21.3 Å². The number of carboxylic acid groups (broad SMARTS) is 2. The Kier molecular flexibility index (Phi) is 11.8. The Morgan fingerprint density at radius 1 is 1.11 bits per heavy atom. The van der Waals surface area contributed by atoms with Crippen LogP contribution in [0.2, 0.25) is 0 Å². The zero-order valence-electron chi connectivity index (χ0n) is 20.1. The molecule has 0 aliphatic carbocycles. The maximum Gasteiger partial charge on any atom is 0.490 e. The van der Waals surface area contributed by atoms with Crippen molar-refractivity contribution in [2.45, 2.75) is 63.7 Å². The number of hydrogen-bond donors (Lipinski definition) is 3. The number of amides is 1. The molecular formula is C22H29F6N3O6. The van der Waals surface area contributed by atoms with E-state index in [0.29, 0.717) is 6.61 Å². The lowest BCUT2D eigenvalue weighted by Crippen LogP contribution is -2.45. The molecule has 2 aliphatic heterocycles. The Hall–Kier alpha value is -2.94. The first kappa shape index (κ1) is 32.1. The summed E-state index contributed by atoms with van der Waals surface area (Å²) < 4.78 is 69.6. The minimum Gasteiger partial charge on any atom is -0.475 e. The Morgan fingerprint density at radius 3 is 2.03 bits per heavy atom. The topological polar surface area (TPSA) is 129 Å². The van der Waals surface area contributed by atoms with Gasteiger partial charge in [-0.05, 0) is 30.9 Å². The summed E-state index contributed by atoms with van der Waals surface area (Å²) in [4.78, 5) is 36.3. The molecule has 3 N–H and O–H groups in total. The molecule has 1 unspecified atom stereocenters. The lowest BCUT2D eigenvalue weighted by atomic mass is 9.87. The van der Waals surface area contributed by atoms with Crippen LogP contribution in [0.15, 0.2) is 24.5 Å². The number of carbonyl (C=O) groups is 3. The van der Waals surface area contributed by atoms with Crippen LogP contribution in [0, 0.1) is 5.92 Å². The van der Waals surface area contributed by atoms with Gasteiger partial charge in [-0.2, -0.15) is 26.3 Å². The van der Waals surface area contributed by atoms with Crippen LogP contribution in [-0.2, 0) is 25.7 Å². The van der Waals surface area contributed by atoms with Gasteiger partial charge in [-0.25, -0.2) is 9.59 Å². The van der Waals surface area contributed by atoms with E-state index in [9.17, 15) is 31.1 Å². The molecule has 1 amide bonds. The molecule has 1 spiro atoms. The third-order valence-electron chi connectivity index (χ3n) is 5.46. The van der Waals surface area contributed by atoms with Crippen molar-refractivity contribution in [2.24, 2.45) is 5.92 Å². The van der Waals surface area contributed by atoms with Gasteiger partial charge in [-0.3, -0.25) is 14.7 Å². The van der Waals surface area contributed by atoms with Crippen molar-refractivity contribution in [3.63, 3.8) is 0 Å². The van der Waals surface area contributed by atoms with Gasteiger partial charge in [0.25, 0.3) is 0 Å². The third kappa shape index (κ3) is 11.8. The van der Waals surface area contributed by atoms with Crippen LogP contribution in [0.25, 0.3) is 0 Å². The van der Waals surface area contributed by atoms with Gasteiger partial charge >= 0.3 is 24.3 Å². The van der Waals surface area contributed by atoms with Crippen molar-refractivity contribution in [1.29, 1.82) is 0 Å². The summed E-state index contributed by atoms with van der Waals surface area (Å²) in [5, 5.41) is 17.4. The van der Waals surface area contributed by atoms with Crippen LogP contribution in [0.1, 0.15) is 38.7 Å². The molecule has 1 aromatic heterocycles. The standard InChI is InChI=1S/C18H27N3O2.2C2HF3O2/c1-14(2)17(22)20-16-10-18(23-13-16)5-8-21(9-6-18)12-15-4-3-7-19-11-15;2*3-2(4,5)1(6)7/h3-4,7,11,14,16H,5-6,8-10,12-13H2,1-2H3,(H,20,22);2*(H,6,7). The number of rotatable bonds is 4. The summed E-state index contributed by atoms with van der Waals surface area (Å²) in [6.07, 6.45) is -3.38. The van der Waals surface area contributed by atoms with E-state index in [1.54, 1.807) is 0 Å². The van der Waals surface area contributed by atoms with Crippen molar-refractivity contribution in [3.8, 4) is 0 Å². The van der Waals surface area contributed by atoms with E-state index >= 15 is 0 Å². The number of nitrogens with one attached hydrogen (secondary N) is 1. The van der Waals surface area contributed by atoms with Gasteiger partial charge in [0.15, 0.2) is 0 Å². The molecule has 1 aromatic rings. The second kappa shape index (κ2) is 13.6. The highest BCUT2D eigenvalue weighted by molar-refractivity contribution is 5.78. The highest BCUT2D eigenvalue weighted by Crippen LogP contribution is 2.36. The maximum absolute atomic E-state index is 11.8. The summed E-state index contributed by atoms with van der Waals surface area (Å²) in [7, 11) is 0. The molecule has 0 bridgehead atoms. The number of hydrogen-bond acceptors (Lipinski definition) is 6. The second-order valence-electron chi connectivity index (χ2n) is 8.80. The molecule has 0 radical (unpaired) electrons. The van der Waals surface area contributed by atoms with Gasteiger partial charge in [0, 0.05) is 37.9 Å². The summed E-state index contributed by atoms with van der Waals surface area (Å²) in [5.41, 5.74) is 1.23. The average Bonchev–Trinajstić information content (AvgIpc) is 3.17. The monoisotopic (exact) mass is 545 g/mol. The number of nitrogens with zero attached hydrogens (tertiary/aromatic N) is 2. The van der Waals surface area contributed by atoms with E-state index in [0.717, 1.165) is 38.9 Å². The number of aliphatic carboxylic acids is 2. The lowest BCUT2D eigenvalue weighted by molar-refractivity contribution is -0.193. The zero-order valence-corrected chi connectivity index (χ0v) is 20.1. The molecule has 37 heavy (non-hydrogen) atoms. The summed E-state index contributed by atoms with van der Waals surface area (Å²) >= 11 is 0. The van der Waals surface area contributed by atoms with Crippen LogP contribution in [0.4, 0.5) is 26.3 Å². The number of likely N-dealkylation sites (tertiary alicyclic amines) is 1. The molecule has 15 heteroatoms. The molecule has 2 aliphatic rings. The normalized spacial score (nSPS) is 19.3. The van der Waals surface area contributed by atoms with E-state index in [1.807, 2.05) is 32.3 Å². The molecule has 2 fully saturated rings. The fourth-order valence-corrected chi connectivity index (χ4v) is 3.52. The molecule has 0 aromatic carbocycles. The summed E-state index contributed by atoms with van der Waals surface area (Å²) in [6.45, 7) is 7.55. The van der Waals surface area contributed by atoms with Crippen molar-refractivity contribution in [1.82, 2.24) is 15.2 Å². The number of ether oxygens (including phenoxy) is 1. The van der Waals surface area contributed by atoms with Crippen LogP contribution >= 0.6 is 0 Å². The van der Waals surface area contributed by atoms with Crippen LogP contribution < -0.4 is 5.32 Å². The molecule has 210 valence electrons. The number of halogens is 6. The number of carboxylic acids is 2. The Morgan fingerprint density at radius 2 is 1.62 bits per heavy atom. The van der Waals surface area contributed by atoms with Crippen LogP contribution in [0.5, 0.6) is 0 Å². The van der Waals surface area contributed by atoms with Gasteiger partial charge in [0.2, 0.25) is 5.91 Å². The third-order valence-corrected chi connectivity index (χ3v) is 5.46. The average molecular weight is 545 g/mol. The van der Waals surface area contributed by atoms with Crippen LogP contribution in [-0.4, -0.2) is 81.6 Å². The Balaban J connectivity index is 0.000000404.